The number of hydrogen-bond acceptors (Lipinski definition) is 2. The molecule has 1 heterocycles. The number of hydrogen-bond donors (Lipinski definition) is 1. The minimum Gasteiger partial charge on any atom is -0.378 e. The normalized spacial score (nSPS) is 21.6. The first-order chi connectivity index (χ1) is 8.25. The number of benzene rings is 1. The fourth-order valence-corrected chi connectivity index (χ4v) is 2.43. The molecule has 0 aliphatic carbocycles. The summed E-state index contributed by atoms with van der Waals surface area (Å²) < 4.78 is 5.60. The Morgan fingerprint density at radius 2 is 2.41 bits per heavy atom. The zero-order valence-electron chi connectivity index (χ0n) is 10.3. The standard InChI is InChI=1S/C14H20ClNO/c1-11(12-4-2-5-13(15)10-12)16-8-7-14-6-3-9-17-14/h2,4-5,10-11,14,16H,3,6-9H2,1H3/t11-,14?/m1/s1. The maximum absolute atomic E-state index is 5.98. The van der Waals surface area contributed by atoms with Crippen LogP contribution in [0.2, 0.25) is 5.02 Å². The van der Waals surface area contributed by atoms with Gasteiger partial charge in [-0.25, -0.2) is 0 Å². The van der Waals surface area contributed by atoms with Crippen LogP contribution in [-0.2, 0) is 4.74 Å². The first-order valence-corrected chi connectivity index (χ1v) is 6.74. The Bertz CT molecular complexity index is 350. The Morgan fingerprint density at radius 3 is 3.12 bits per heavy atom. The first kappa shape index (κ1) is 12.9. The Balaban J connectivity index is 1.74. The summed E-state index contributed by atoms with van der Waals surface area (Å²) in [6.45, 7) is 4.11. The molecule has 1 aromatic carbocycles. The first-order valence-electron chi connectivity index (χ1n) is 6.36. The maximum Gasteiger partial charge on any atom is 0.0588 e. The smallest absolute Gasteiger partial charge is 0.0588 e. The van der Waals surface area contributed by atoms with Gasteiger partial charge in [0.05, 0.1) is 6.10 Å². The summed E-state index contributed by atoms with van der Waals surface area (Å²) in [6.07, 6.45) is 4.00. The average Bonchev–Trinajstić information content (AvgIpc) is 2.82. The van der Waals surface area contributed by atoms with E-state index in [0.29, 0.717) is 12.1 Å². The molecule has 94 valence electrons. The monoisotopic (exact) mass is 253 g/mol. The van der Waals surface area contributed by atoms with E-state index in [0.717, 1.165) is 24.6 Å². The second-order valence-corrected chi connectivity index (χ2v) is 5.09. The molecule has 1 aliphatic heterocycles. The Hall–Kier alpha value is -0.570. The summed E-state index contributed by atoms with van der Waals surface area (Å²) in [5.41, 5.74) is 1.24. The summed E-state index contributed by atoms with van der Waals surface area (Å²) >= 11 is 5.98. The highest BCUT2D eigenvalue weighted by Gasteiger charge is 2.15. The van der Waals surface area contributed by atoms with Crippen molar-refractivity contribution in [1.29, 1.82) is 0 Å². The molecule has 2 rings (SSSR count). The van der Waals surface area contributed by atoms with Crippen LogP contribution in [-0.4, -0.2) is 19.3 Å². The zero-order valence-corrected chi connectivity index (χ0v) is 11.0. The summed E-state index contributed by atoms with van der Waals surface area (Å²) in [7, 11) is 0. The van der Waals surface area contributed by atoms with Crippen LogP contribution >= 0.6 is 11.6 Å². The molecule has 17 heavy (non-hydrogen) atoms. The van der Waals surface area contributed by atoms with Crippen molar-refractivity contribution in [2.75, 3.05) is 13.2 Å². The molecule has 0 aromatic heterocycles. The van der Waals surface area contributed by atoms with Gasteiger partial charge in [-0.15, -0.1) is 0 Å². The molecule has 1 unspecified atom stereocenters. The van der Waals surface area contributed by atoms with Crippen molar-refractivity contribution in [2.45, 2.75) is 38.3 Å². The van der Waals surface area contributed by atoms with Gasteiger partial charge in [0.1, 0.15) is 0 Å². The van der Waals surface area contributed by atoms with Crippen LogP contribution in [0.5, 0.6) is 0 Å². The number of halogens is 1. The van der Waals surface area contributed by atoms with Crippen LogP contribution in [0.15, 0.2) is 24.3 Å². The molecule has 2 atom stereocenters. The third kappa shape index (κ3) is 3.98. The zero-order chi connectivity index (χ0) is 12.1. The van der Waals surface area contributed by atoms with E-state index in [4.69, 9.17) is 16.3 Å². The van der Waals surface area contributed by atoms with E-state index in [1.54, 1.807) is 0 Å². The molecule has 0 radical (unpaired) electrons. The van der Waals surface area contributed by atoms with Gasteiger partial charge in [0.25, 0.3) is 0 Å². The van der Waals surface area contributed by atoms with Gasteiger partial charge in [-0.2, -0.15) is 0 Å². The van der Waals surface area contributed by atoms with Gasteiger partial charge >= 0.3 is 0 Å². The lowest BCUT2D eigenvalue weighted by Crippen LogP contribution is -2.23. The third-order valence-electron chi connectivity index (χ3n) is 3.29. The number of nitrogens with one attached hydrogen (secondary N) is 1. The van der Waals surface area contributed by atoms with Gasteiger partial charge in [0, 0.05) is 17.7 Å². The van der Waals surface area contributed by atoms with E-state index < -0.39 is 0 Å². The van der Waals surface area contributed by atoms with Crippen LogP contribution in [0.1, 0.15) is 37.8 Å². The predicted molar refractivity (Wildman–Crippen MR) is 71.5 cm³/mol. The molecule has 1 N–H and O–H groups in total. The molecule has 0 saturated carbocycles. The van der Waals surface area contributed by atoms with Crippen molar-refractivity contribution in [3.05, 3.63) is 34.9 Å². The number of ether oxygens (including phenoxy) is 1. The van der Waals surface area contributed by atoms with Crippen molar-refractivity contribution < 1.29 is 4.74 Å². The van der Waals surface area contributed by atoms with Gasteiger partial charge in [-0.3, -0.25) is 0 Å². The Kier molecular flexibility index (Phi) is 4.84. The van der Waals surface area contributed by atoms with E-state index in [1.807, 2.05) is 18.2 Å². The summed E-state index contributed by atoms with van der Waals surface area (Å²) in [5, 5.41) is 4.32. The average molecular weight is 254 g/mol. The molecule has 1 fully saturated rings. The summed E-state index contributed by atoms with van der Waals surface area (Å²) in [5.74, 6) is 0. The number of rotatable bonds is 5. The summed E-state index contributed by atoms with van der Waals surface area (Å²) in [6, 6.07) is 8.37. The molecular formula is C14H20ClNO. The fraction of sp³-hybridized carbons (Fsp3) is 0.571. The van der Waals surface area contributed by atoms with Crippen molar-refractivity contribution in [3.63, 3.8) is 0 Å². The van der Waals surface area contributed by atoms with Crippen LogP contribution in [0.3, 0.4) is 0 Å². The lowest BCUT2D eigenvalue weighted by Gasteiger charge is -2.16. The van der Waals surface area contributed by atoms with Crippen molar-refractivity contribution in [2.24, 2.45) is 0 Å². The molecular weight excluding hydrogens is 234 g/mol. The third-order valence-corrected chi connectivity index (χ3v) is 3.52. The van der Waals surface area contributed by atoms with E-state index in [9.17, 15) is 0 Å². The molecule has 0 spiro atoms. The Labute approximate surface area is 108 Å². The van der Waals surface area contributed by atoms with Crippen LogP contribution < -0.4 is 5.32 Å². The molecule has 3 heteroatoms. The molecule has 0 bridgehead atoms. The lowest BCUT2D eigenvalue weighted by atomic mass is 10.1. The van der Waals surface area contributed by atoms with E-state index in [-0.39, 0.29) is 0 Å². The molecule has 1 saturated heterocycles. The van der Waals surface area contributed by atoms with Crippen LogP contribution in [0.4, 0.5) is 0 Å². The van der Waals surface area contributed by atoms with Crippen molar-refractivity contribution >= 4 is 11.6 Å². The minimum absolute atomic E-state index is 0.343. The molecule has 1 aliphatic rings. The van der Waals surface area contributed by atoms with Gasteiger partial charge in [0.2, 0.25) is 0 Å². The van der Waals surface area contributed by atoms with Crippen molar-refractivity contribution in [1.82, 2.24) is 5.32 Å². The topological polar surface area (TPSA) is 21.3 Å². The van der Waals surface area contributed by atoms with Crippen LogP contribution in [0.25, 0.3) is 0 Å². The predicted octanol–water partition coefficient (Wildman–Crippen LogP) is 3.56. The van der Waals surface area contributed by atoms with Gasteiger partial charge in [-0.1, -0.05) is 23.7 Å². The van der Waals surface area contributed by atoms with Gasteiger partial charge in [-0.05, 0) is 50.4 Å². The SMILES string of the molecule is C[C@@H](NCCC1CCCO1)c1cccc(Cl)c1. The highest BCUT2D eigenvalue weighted by atomic mass is 35.5. The quantitative estimate of drug-likeness (QED) is 0.866. The van der Waals surface area contributed by atoms with Crippen molar-refractivity contribution in [3.8, 4) is 0 Å². The van der Waals surface area contributed by atoms with E-state index >= 15 is 0 Å². The van der Waals surface area contributed by atoms with Gasteiger partial charge in [0.15, 0.2) is 0 Å². The molecule has 0 amide bonds. The largest absolute Gasteiger partial charge is 0.378 e. The van der Waals surface area contributed by atoms with E-state index in [2.05, 4.69) is 18.3 Å². The van der Waals surface area contributed by atoms with Crippen LogP contribution in [0, 0.1) is 0 Å². The minimum atomic E-state index is 0.343. The summed E-state index contributed by atoms with van der Waals surface area (Å²) in [4.78, 5) is 0. The van der Waals surface area contributed by atoms with Gasteiger partial charge < -0.3 is 10.1 Å². The fourth-order valence-electron chi connectivity index (χ4n) is 2.23. The second-order valence-electron chi connectivity index (χ2n) is 4.65. The lowest BCUT2D eigenvalue weighted by molar-refractivity contribution is 0.103. The van der Waals surface area contributed by atoms with E-state index in [1.165, 1.54) is 18.4 Å². The maximum atomic E-state index is 5.98. The molecule has 2 nitrogen and oxygen atoms in total. The second kappa shape index (κ2) is 6.39. The Morgan fingerprint density at radius 1 is 1.53 bits per heavy atom. The highest BCUT2D eigenvalue weighted by Crippen LogP contribution is 2.18. The molecule has 1 aromatic rings. The highest BCUT2D eigenvalue weighted by molar-refractivity contribution is 6.30.